The second-order valence-corrected chi connectivity index (χ2v) is 5.71. The molecule has 0 aliphatic rings. The fourth-order valence-corrected chi connectivity index (χ4v) is 2.35. The van der Waals surface area contributed by atoms with Crippen molar-refractivity contribution < 1.29 is 4.92 Å². The first-order valence-electron chi connectivity index (χ1n) is 5.78. The highest BCUT2D eigenvalue weighted by molar-refractivity contribution is 7.99. The third kappa shape index (κ3) is 4.84. The van der Waals surface area contributed by atoms with Crippen LogP contribution in [0.3, 0.4) is 0 Å². The molecule has 0 fully saturated rings. The maximum Gasteiger partial charge on any atom is 0.288 e. The van der Waals surface area contributed by atoms with Crippen LogP contribution in [-0.2, 0) is 6.54 Å². The third-order valence-electron chi connectivity index (χ3n) is 2.43. The molecule has 0 amide bonds. The van der Waals surface area contributed by atoms with Gasteiger partial charge in [0.15, 0.2) is 0 Å². The van der Waals surface area contributed by atoms with E-state index in [-0.39, 0.29) is 10.7 Å². The van der Waals surface area contributed by atoms with Crippen molar-refractivity contribution in [2.24, 2.45) is 0 Å². The van der Waals surface area contributed by atoms with Crippen molar-refractivity contribution in [1.29, 1.82) is 0 Å². The lowest BCUT2D eigenvalue weighted by molar-refractivity contribution is -0.384. The summed E-state index contributed by atoms with van der Waals surface area (Å²) in [4.78, 5) is 10.3. The van der Waals surface area contributed by atoms with Gasteiger partial charge in [0.05, 0.1) is 4.92 Å². The van der Waals surface area contributed by atoms with E-state index in [1.54, 1.807) is 6.07 Å². The van der Waals surface area contributed by atoms with Crippen LogP contribution in [0.2, 0.25) is 5.02 Å². The summed E-state index contributed by atoms with van der Waals surface area (Å²) in [6.45, 7) is 4.84. The van der Waals surface area contributed by atoms with E-state index in [0.717, 1.165) is 17.1 Å². The predicted molar refractivity (Wildman–Crippen MR) is 77.4 cm³/mol. The van der Waals surface area contributed by atoms with Gasteiger partial charge in [0.1, 0.15) is 5.02 Å². The highest BCUT2D eigenvalue weighted by Crippen LogP contribution is 2.25. The number of hydrogen-bond donors (Lipinski definition) is 1. The summed E-state index contributed by atoms with van der Waals surface area (Å²) in [5.74, 6) is 2.13. The Bertz CT molecular complexity index is 415. The molecule has 0 aliphatic carbocycles. The summed E-state index contributed by atoms with van der Waals surface area (Å²) >= 11 is 7.63. The van der Waals surface area contributed by atoms with E-state index in [2.05, 4.69) is 19.2 Å². The zero-order valence-corrected chi connectivity index (χ0v) is 12.1. The normalized spacial score (nSPS) is 12.4. The van der Waals surface area contributed by atoms with Gasteiger partial charge >= 0.3 is 0 Å². The molecule has 0 spiro atoms. The van der Waals surface area contributed by atoms with Gasteiger partial charge in [-0.2, -0.15) is 11.8 Å². The molecule has 0 heterocycles. The number of hydrogen-bond acceptors (Lipinski definition) is 4. The van der Waals surface area contributed by atoms with Crippen LogP contribution in [0.1, 0.15) is 19.4 Å². The van der Waals surface area contributed by atoms with Crippen LogP contribution in [0.5, 0.6) is 0 Å². The van der Waals surface area contributed by atoms with Gasteiger partial charge in [-0.25, -0.2) is 0 Å². The van der Waals surface area contributed by atoms with Crippen LogP contribution in [0, 0.1) is 10.1 Å². The second-order valence-electron chi connectivity index (χ2n) is 3.98. The van der Waals surface area contributed by atoms with Crippen LogP contribution < -0.4 is 5.32 Å². The van der Waals surface area contributed by atoms with Crippen molar-refractivity contribution in [3.8, 4) is 0 Å². The van der Waals surface area contributed by atoms with Gasteiger partial charge in [-0.15, -0.1) is 0 Å². The Kier molecular flexibility index (Phi) is 6.46. The quantitative estimate of drug-likeness (QED) is 0.616. The van der Waals surface area contributed by atoms with Crippen LogP contribution in [-0.4, -0.2) is 22.5 Å². The monoisotopic (exact) mass is 288 g/mol. The van der Waals surface area contributed by atoms with E-state index >= 15 is 0 Å². The molecule has 0 bridgehead atoms. The first-order chi connectivity index (χ1) is 8.54. The summed E-state index contributed by atoms with van der Waals surface area (Å²) in [6, 6.07) is 5.28. The van der Waals surface area contributed by atoms with E-state index in [9.17, 15) is 10.1 Å². The van der Waals surface area contributed by atoms with Crippen molar-refractivity contribution in [1.82, 2.24) is 5.32 Å². The zero-order chi connectivity index (χ0) is 13.5. The summed E-state index contributed by atoms with van der Waals surface area (Å²) < 4.78 is 0. The smallest absolute Gasteiger partial charge is 0.288 e. The number of rotatable bonds is 7. The lowest BCUT2D eigenvalue weighted by Crippen LogP contribution is -2.27. The standard InChI is InChI=1S/C12H17ClN2O2S/c1-3-18-8-9(2)14-7-10-4-5-11(13)12(6-10)15(16)17/h4-6,9,14H,3,7-8H2,1-2H3. The Balaban J connectivity index is 2.57. The molecular formula is C12H17ClN2O2S. The topological polar surface area (TPSA) is 55.2 Å². The number of nitrogens with one attached hydrogen (secondary N) is 1. The molecule has 0 aliphatic heterocycles. The Morgan fingerprint density at radius 3 is 2.89 bits per heavy atom. The molecule has 0 radical (unpaired) electrons. The van der Waals surface area contributed by atoms with Gasteiger partial charge in [0.25, 0.3) is 5.69 Å². The fourth-order valence-electron chi connectivity index (χ4n) is 1.45. The van der Waals surface area contributed by atoms with E-state index in [0.29, 0.717) is 12.6 Å². The Labute approximate surface area is 116 Å². The molecular weight excluding hydrogens is 272 g/mol. The Hall–Kier alpha value is -0.780. The van der Waals surface area contributed by atoms with Crippen molar-refractivity contribution >= 4 is 29.1 Å². The van der Waals surface area contributed by atoms with Gasteiger partial charge in [-0.05, 0) is 24.3 Å². The molecule has 1 aromatic rings. The lowest BCUT2D eigenvalue weighted by Gasteiger charge is -2.13. The number of nitro benzene ring substituents is 1. The Morgan fingerprint density at radius 1 is 1.56 bits per heavy atom. The number of nitro groups is 1. The lowest BCUT2D eigenvalue weighted by atomic mass is 10.2. The van der Waals surface area contributed by atoms with Gasteiger partial charge in [-0.1, -0.05) is 24.6 Å². The number of nitrogens with zero attached hydrogens (tertiary/aromatic N) is 1. The summed E-state index contributed by atoms with van der Waals surface area (Å²) in [5.41, 5.74) is 0.839. The summed E-state index contributed by atoms with van der Waals surface area (Å²) in [5, 5.41) is 14.3. The fraction of sp³-hybridized carbons (Fsp3) is 0.500. The van der Waals surface area contributed by atoms with Crippen LogP contribution in [0.25, 0.3) is 0 Å². The van der Waals surface area contributed by atoms with Crippen molar-refractivity contribution in [2.75, 3.05) is 11.5 Å². The average Bonchev–Trinajstić information content (AvgIpc) is 2.35. The minimum Gasteiger partial charge on any atom is -0.309 e. The minimum atomic E-state index is -0.456. The first kappa shape index (κ1) is 15.3. The highest BCUT2D eigenvalue weighted by Gasteiger charge is 2.12. The van der Waals surface area contributed by atoms with Crippen molar-refractivity contribution in [3.63, 3.8) is 0 Å². The number of thioether (sulfide) groups is 1. The molecule has 100 valence electrons. The number of halogens is 1. The molecule has 0 saturated heterocycles. The summed E-state index contributed by atoms with van der Waals surface area (Å²) in [7, 11) is 0. The van der Waals surface area contributed by atoms with Gasteiger partial charge in [0.2, 0.25) is 0 Å². The third-order valence-corrected chi connectivity index (χ3v) is 3.90. The van der Waals surface area contributed by atoms with Crippen LogP contribution in [0.15, 0.2) is 18.2 Å². The first-order valence-corrected chi connectivity index (χ1v) is 7.31. The molecule has 1 N–H and O–H groups in total. The molecule has 0 aromatic heterocycles. The van der Waals surface area contributed by atoms with Gasteiger partial charge < -0.3 is 5.32 Å². The van der Waals surface area contributed by atoms with Crippen LogP contribution >= 0.6 is 23.4 Å². The molecule has 0 saturated carbocycles. The van der Waals surface area contributed by atoms with Crippen LogP contribution in [0.4, 0.5) is 5.69 Å². The largest absolute Gasteiger partial charge is 0.309 e. The van der Waals surface area contributed by atoms with E-state index in [1.165, 1.54) is 6.07 Å². The Morgan fingerprint density at radius 2 is 2.28 bits per heavy atom. The van der Waals surface area contributed by atoms with E-state index in [1.807, 2.05) is 17.8 Å². The second kappa shape index (κ2) is 7.61. The molecule has 6 heteroatoms. The molecule has 1 aromatic carbocycles. The maximum absolute atomic E-state index is 10.8. The highest BCUT2D eigenvalue weighted by atomic mass is 35.5. The molecule has 1 rings (SSSR count). The van der Waals surface area contributed by atoms with E-state index < -0.39 is 4.92 Å². The molecule has 1 atom stereocenters. The van der Waals surface area contributed by atoms with Gasteiger partial charge in [-0.3, -0.25) is 10.1 Å². The van der Waals surface area contributed by atoms with Crippen molar-refractivity contribution in [3.05, 3.63) is 38.9 Å². The average molecular weight is 289 g/mol. The minimum absolute atomic E-state index is 0.0356. The van der Waals surface area contributed by atoms with Gasteiger partial charge in [0, 0.05) is 24.4 Å². The maximum atomic E-state index is 10.8. The zero-order valence-electron chi connectivity index (χ0n) is 10.5. The number of benzene rings is 1. The molecule has 18 heavy (non-hydrogen) atoms. The SMILES string of the molecule is CCSCC(C)NCc1ccc(Cl)c([N+](=O)[O-])c1. The predicted octanol–water partition coefficient (Wildman–Crippen LogP) is 3.48. The van der Waals surface area contributed by atoms with E-state index in [4.69, 9.17) is 11.6 Å². The van der Waals surface area contributed by atoms with Crippen molar-refractivity contribution in [2.45, 2.75) is 26.4 Å². The molecule has 1 unspecified atom stereocenters. The summed E-state index contributed by atoms with van der Waals surface area (Å²) in [6.07, 6.45) is 0. The molecule has 4 nitrogen and oxygen atoms in total.